The highest BCUT2D eigenvalue weighted by molar-refractivity contribution is 5.83. The van der Waals surface area contributed by atoms with Gasteiger partial charge in [0.25, 0.3) is 0 Å². The fraction of sp³-hybridized carbons (Fsp3) is 0.200. The second-order valence-electron chi connectivity index (χ2n) is 4.52. The van der Waals surface area contributed by atoms with Crippen LogP contribution >= 0.6 is 0 Å². The highest BCUT2D eigenvalue weighted by Gasteiger charge is 2.21. The van der Waals surface area contributed by atoms with E-state index in [2.05, 4.69) is 10.6 Å². The summed E-state index contributed by atoms with van der Waals surface area (Å²) in [6, 6.07) is 10.4. The molecule has 2 aromatic rings. The molecule has 0 radical (unpaired) electrons. The van der Waals surface area contributed by atoms with E-state index in [0.717, 1.165) is 5.76 Å². The van der Waals surface area contributed by atoms with Crippen LogP contribution in [0.5, 0.6) is 0 Å². The van der Waals surface area contributed by atoms with Crippen molar-refractivity contribution in [2.45, 2.75) is 19.5 Å². The van der Waals surface area contributed by atoms with Gasteiger partial charge in [0.05, 0.1) is 6.54 Å². The lowest BCUT2D eigenvalue weighted by Gasteiger charge is -2.15. The maximum atomic E-state index is 11.8. The topological polar surface area (TPSA) is 91.6 Å². The monoisotopic (exact) mass is 288 g/mol. The minimum absolute atomic E-state index is 0.195. The fourth-order valence-electron chi connectivity index (χ4n) is 1.86. The minimum atomic E-state index is -1.12. The molecule has 3 N–H and O–H groups in total. The second-order valence-corrected chi connectivity index (χ2v) is 4.52. The highest BCUT2D eigenvalue weighted by Crippen LogP contribution is 2.12. The third kappa shape index (κ3) is 4.10. The molecule has 0 spiro atoms. The maximum absolute atomic E-state index is 11.8. The number of carbonyl (C=O) groups is 2. The highest BCUT2D eigenvalue weighted by atomic mass is 16.4. The fourth-order valence-corrected chi connectivity index (χ4v) is 1.86. The van der Waals surface area contributed by atoms with Gasteiger partial charge in [0.15, 0.2) is 6.04 Å². The average molecular weight is 288 g/mol. The van der Waals surface area contributed by atoms with Crippen LogP contribution in [0, 0.1) is 6.92 Å². The number of hydrogen-bond donors (Lipinski definition) is 3. The van der Waals surface area contributed by atoms with Crippen LogP contribution in [0.25, 0.3) is 0 Å². The Morgan fingerprint density at radius 1 is 1.19 bits per heavy atom. The number of hydrogen-bond acceptors (Lipinski definition) is 3. The summed E-state index contributed by atoms with van der Waals surface area (Å²) in [5.74, 6) is 0.235. The quantitative estimate of drug-likeness (QED) is 0.786. The first kappa shape index (κ1) is 14.6. The molecule has 0 saturated carbocycles. The predicted molar refractivity (Wildman–Crippen MR) is 75.6 cm³/mol. The first-order valence-corrected chi connectivity index (χ1v) is 6.43. The van der Waals surface area contributed by atoms with Gasteiger partial charge < -0.3 is 20.2 Å². The molecule has 0 aliphatic heterocycles. The zero-order valence-corrected chi connectivity index (χ0v) is 11.5. The lowest BCUT2D eigenvalue weighted by Crippen LogP contribution is -2.40. The van der Waals surface area contributed by atoms with E-state index in [1.165, 1.54) is 0 Å². The molecule has 0 saturated heterocycles. The van der Waals surface area contributed by atoms with Gasteiger partial charge in [-0.2, -0.15) is 0 Å². The van der Waals surface area contributed by atoms with Crippen molar-refractivity contribution < 1.29 is 19.1 Å². The Hall–Kier alpha value is -2.76. The molecule has 1 aromatic heterocycles. The summed E-state index contributed by atoms with van der Waals surface area (Å²) in [6.07, 6.45) is 0. The van der Waals surface area contributed by atoms with E-state index in [0.29, 0.717) is 11.3 Å². The Bertz CT molecular complexity index is 622. The van der Waals surface area contributed by atoms with E-state index >= 15 is 0 Å². The number of nitrogens with one attached hydrogen (secondary N) is 2. The van der Waals surface area contributed by atoms with Gasteiger partial charge in [-0.1, -0.05) is 30.3 Å². The number of aliphatic carboxylic acids is 1. The summed E-state index contributed by atoms with van der Waals surface area (Å²) in [6.45, 7) is 2.00. The van der Waals surface area contributed by atoms with Crippen LogP contribution in [0.3, 0.4) is 0 Å². The van der Waals surface area contributed by atoms with Crippen molar-refractivity contribution in [3.05, 3.63) is 59.5 Å². The molecule has 21 heavy (non-hydrogen) atoms. The molecular formula is C15H16N2O4. The van der Waals surface area contributed by atoms with E-state index in [9.17, 15) is 14.7 Å². The van der Waals surface area contributed by atoms with E-state index in [1.54, 1.807) is 49.4 Å². The molecule has 0 bridgehead atoms. The normalized spacial score (nSPS) is 11.7. The SMILES string of the molecule is Cc1ccc(CNC(=O)N[C@H](C(=O)O)c2ccccc2)o1. The predicted octanol–water partition coefficient (Wildman–Crippen LogP) is 2.21. The number of carboxylic acid groups (broad SMARTS) is 1. The number of benzene rings is 1. The summed E-state index contributed by atoms with van der Waals surface area (Å²) >= 11 is 0. The molecule has 0 aliphatic carbocycles. The molecule has 1 aromatic carbocycles. The van der Waals surface area contributed by atoms with Gasteiger partial charge in [-0.05, 0) is 24.6 Å². The van der Waals surface area contributed by atoms with Crippen molar-refractivity contribution >= 4 is 12.0 Å². The Balaban J connectivity index is 1.94. The molecule has 0 aliphatic rings. The smallest absolute Gasteiger partial charge is 0.330 e. The van der Waals surface area contributed by atoms with Crippen LogP contribution in [0.1, 0.15) is 23.1 Å². The number of carbonyl (C=O) groups excluding carboxylic acids is 1. The summed E-state index contributed by atoms with van der Waals surface area (Å²) in [7, 11) is 0. The Kier molecular flexibility index (Phi) is 4.61. The van der Waals surface area contributed by atoms with E-state index in [4.69, 9.17) is 4.42 Å². The van der Waals surface area contributed by atoms with Crippen molar-refractivity contribution in [1.82, 2.24) is 10.6 Å². The lowest BCUT2D eigenvalue weighted by atomic mass is 10.1. The molecule has 6 heteroatoms. The Morgan fingerprint density at radius 2 is 1.90 bits per heavy atom. The second kappa shape index (κ2) is 6.60. The third-order valence-corrected chi connectivity index (χ3v) is 2.87. The first-order valence-electron chi connectivity index (χ1n) is 6.43. The van der Waals surface area contributed by atoms with Gasteiger partial charge in [0.2, 0.25) is 0 Å². The van der Waals surface area contributed by atoms with Gasteiger partial charge >= 0.3 is 12.0 Å². The minimum Gasteiger partial charge on any atom is -0.479 e. The van der Waals surface area contributed by atoms with Gasteiger partial charge in [0.1, 0.15) is 11.5 Å². The Morgan fingerprint density at radius 3 is 2.48 bits per heavy atom. The van der Waals surface area contributed by atoms with Crippen LogP contribution in [-0.4, -0.2) is 17.1 Å². The first-order chi connectivity index (χ1) is 10.1. The van der Waals surface area contributed by atoms with Gasteiger partial charge in [-0.25, -0.2) is 9.59 Å². The number of carboxylic acids is 1. The van der Waals surface area contributed by atoms with Crippen molar-refractivity contribution in [3.63, 3.8) is 0 Å². The van der Waals surface area contributed by atoms with Gasteiger partial charge in [0, 0.05) is 0 Å². The number of urea groups is 1. The molecule has 2 rings (SSSR count). The molecule has 0 unspecified atom stereocenters. The molecule has 1 heterocycles. The molecular weight excluding hydrogens is 272 g/mol. The molecule has 6 nitrogen and oxygen atoms in total. The van der Waals surface area contributed by atoms with Crippen molar-refractivity contribution in [3.8, 4) is 0 Å². The van der Waals surface area contributed by atoms with Crippen molar-refractivity contribution in [2.24, 2.45) is 0 Å². The third-order valence-electron chi connectivity index (χ3n) is 2.87. The standard InChI is InChI=1S/C15H16N2O4/c1-10-7-8-12(21-10)9-16-15(20)17-13(14(18)19)11-5-3-2-4-6-11/h2-8,13H,9H2,1H3,(H,18,19)(H2,16,17,20)/t13-/m0/s1. The number of aryl methyl sites for hydroxylation is 1. The summed E-state index contributed by atoms with van der Waals surface area (Å²) in [5.41, 5.74) is 0.508. The van der Waals surface area contributed by atoms with E-state index < -0.39 is 18.0 Å². The molecule has 0 fully saturated rings. The maximum Gasteiger partial charge on any atom is 0.330 e. The van der Waals surface area contributed by atoms with Gasteiger partial charge in [-0.3, -0.25) is 0 Å². The largest absolute Gasteiger partial charge is 0.479 e. The summed E-state index contributed by atoms with van der Waals surface area (Å²) in [4.78, 5) is 23.0. The van der Waals surface area contributed by atoms with Crippen LogP contribution < -0.4 is 10.6 Å². The number of rotatable bonds is 5. The molecule has 2 amide bonds. The summed E-state index contributed by atoms with van der Waals surface area (Å²) in [5, 5.41) is 14.2. The zero-order valence-electron chi connectivity index (χ0n) is 11.5. The molecule has 110 valence electrons. The number of amides is 2. The van der Waals surface area contributed by atoms with Crippen LogP contribution in [-0.2, 0) is 11.3 Å². The van der Waals surface area contributed by atoms with Crippen LogP contribution in [0.4, 0.5) is 4.79 Å². The molecule has 1 atom stereocenters. The van der Waals surface area contributed by atoms with Crippen LogP contribution in [0.2, 0.25) is 0 Å². The van der Waals surface area contributed by atoms with E-state index in [1.807, 2.05) is 0 Å². The van der Waals surface area contributed by atoms with Crippen molar-refractivity contribution in [2.75, 3.05) is 0 Å². The zero-order chi connectivity index (χ0) is 15.2. The average Bonchev–Trinajstić information content (AvgIpc) is 2.89. The van der Waals surface area contributed by atoms with Crippen molar-refractivity contribution in [1.29, 1.82) is 0 Å². The van der Waals surface area contributed by atoms with E-state index in [-0.39, 0.29) is 6.54 Å². The van der Waals surface area contributed by atoms with Crippen LogP contribution in [0.15, 0.2) is 46.9 Å². The number of furan rings is 1. The van der Waals surface area contributed by atoms with Gasteiger partial charge in [-0.15, -0.1) is 0 Å². The Labute approximate surface area is 121 Å². The lowest BCUT2D eigenvalue weighted by molar-refractivity contribution is -0.139. The summed E-state index contributed by atoms with van der Waals surface area (Å²) < 4.78 is 5.31.